The molecule has 1 fully saturated rings. The molecular weight excluding hydrogens is 494 g/mol. The summed E-state index contributed by atoms with van der Waals surface area (Å²) in [5, 5.41) is 7.95. The Morgan fingerprint density at radius 3 is 2.32 bits per heavy atom. The highest BCUT2D eigenvalue weighted by Gasteiger charge is 2.34. The van der Waals surface area contributed by atoms with Crippen LogP contribution in [0.15, 0.2) is 30.6 Å². The highest BCUT2D eigenvalue weighted by molar-refractivity contribution is 7.93. The number of ether oxygens (including phenoxy) is 2. The summed E-state index contributed by atoms with van der Waals surface area (Å²) in [6.07, 6.45) is 5.28. The molecule has 200 valence electrons. The van der Waals surface area contributed by atoms with Crippen molar-refractivity contribution in [1.29, 1.82) is 0 Å². The van der Waals surface area contributed by atoms with Gasteiger partial charge in [-0.15, -0.1) is 10.2 Å². The van der Waals surface area contributed by atoms with Gasteiger partial charge < -0.3 is 14.4 Å². The molecule has 3 aromatic rings. The van der Waals surface area contributed by atoms with Crippen LogP contribution in [-0.4, -0.2) is 77.7 Å². The van der Waals surface area contributed by atoms with Crippen LogP contribution in [0.4, 0.5) is 5.95 Å². The number of hydrogen-bond donors (Lipinski definition) is 1. The van der Waals surface area contributed by atoms with Crippen LogP contribution in [0, 0.1) is 6.92 Å². The lowest BCUT2D eigenvalue weighted by Crippen LogP contribution is -2.33. The first-order valence-corrected chi connectivity index (χ1v) is 13.9. The number of hydrogen-bond acceptors (Lipinski definition) is 9. The van der Waals surface area contributed by atoms with Crippen LogP contribution in [-0.2, 0) is 10.0 Å². The van der Waals surface area contributed by atoms with Crippen LogP contribution < -0.4 is 14.2 Å². The fraction of sp³-hybridized carbons (Fsp3) is 0.520. The first-order chi connectivity index (χ1) is 17.7. The molecule has 1 aliphatic heterocycles. The van der Waals surface area contributed by atoms with Gasteiger partial charge in [-0.25, -0.2) is 18.4 Å². The van der Waals surface area contributed by atoms with Gasteiger partial charge in [-0.05, 0) is 58.0 Å². The zero-order valence-electron chi connectivity index (χ0n) is 22.2. The number of aryl methyl sites for hydroxylation is 1. The van der Waals surface area contributed by atoms with Crippen LogP contribution in [0.5, 0.6) is 11.5 Å². The van der Waals surface area contributed by atoms with E-state index in [1.165, 1.54) is 0 Å². The third-order valence-corrected chi connectivity index (χ3v) is 8.79. The van der Waals surface area contributed by atoms with Gasteiger partial charge in [0.2, 0.25) is 16.0 Å². The summed E-state index contributed by atoms with van der Waals surface area (Å²) in [5.74, 6) is 1.81. The summed E-state index contributed by atoms with van der Waals surface area (Å²) in [5.41, 5.74) is 1.45. The Balaban J connectivity index is 1.78. The fourth-order valence-electron chi connectivity index (χ4n) is 4.61. The lowest BCUT2D eigenvalue weighted by Gasteiger charge is -2.29. The number of nitrogens with zero attached hydrogens (tertiary/aromatic N) is 6. The van der Waals surface area contributed by atoms with Gasteiger partial charge in [-0.3, -0.25) is 9.29 Å². The van der Waals surface area contributed by atoms with E-state index in [0.29, 0.717) is 28.8 Å². The summed E-state index contributed by atoms with van der Waals surface area (Å²) in [7, 11) is 1.27. The van der Waals surface area contributed by atoms with Crippen molar-refractivity contribution in [3.8, 4) is 17.2 Å². The number of sulfonamides is 1. The molecule has 3 atom stereocenters. The summed E-state index contributed by atoms with van der Waals surface area (Å²) in [6, 6.07) is 5.41. The zero-order valence-corrected chi connectivity index (χ0v) is 23.0. The molecule has 0 bridgehead atoms. The Morgan fingerprint density at radius 2 is 1.73 bits per heavy atom. The minimum atomic E-state index is -3.91. The molecule has 11 nitrogen and oxygen atoms in total. The molecule has 0 amide bonds. The molecule has 0 aliphatic carbocycles. The van der Waals surface area contributed by atoms with Crippen LogP contribution in [0.3, 0.4) is 0 Å². The van der Waals surface area contributed by atoms with Crippen LogP contribution >= 0.6 is 0 Å². The number of methoxy groups -OCH3 is 2. The average molecular weight is 530 g/mol. The Hall–Kier alpha value is -3.25. The van der Waals surface area contributed by atoms with Gasteiger partial charge in [0.1, 0.15) is 28.8 Å². The molecule has 4 rings (SSSR count). The molecule has 0 radical (unpaired) electrons. The quantitative estimate of drug-likeness (QED) is 0.445. The molecule has 12 heteroatoms. The van der Waals surface area contributed by atoms with E-state index in [1.807, 2.05) is 13.0 Å². The van der Waals surface area contributed by atoms with Crippen molar-refractivity contribution < 1.29 is 17.9 Å². The number of benzene rings is 1. The molecular formula is C25H35N7O4S. The van der Waals surface area contributed by atoms with Crippen LogP contribution in [0.2, 0.25) is 0 Å². The number of likely N-dealkylation sites (N-methyl/N-ethyl adjacent to an activating group) is 1. The number of para-hydroxylation sites is 1. The molecule has 0 saturated carbocycles. The van der Waals surface area contributed by atoms with Crippen molar-refractivity contribution in [3.63, 3.8) is 0 Å². The van der Waals surface area contributed by atoms with Gasteiger partial charge in [0.15, 0.2) is 0 Å². The lowest BCUT2D eigenvalue weighted by molar-refractivity contribution is 0.244. The van der Waals surface area contributed by atoms with Crippen molar-refractivity contribution >= 4 is 16.0 Å². The molecule has 1 unspecified atom stereocenters. The SMILES string of the molecule is COc1cccc(OC)c1-n1c(NS(=O)(=O)[C@@H](C)[C@H](C)c2ncc(C)cn2)nnc1C1CCCN(C)C1. The van der Waals surface area contributed by atoms with E-state index < -0.39 is 21.2 Å². The molecule has 1 aromatic carbocycles. The van der Waals surface area contributed by atoms with Crippen molar-refractivity contribution in [3.05, 3.63) is 47.8 Å². The highest BCUT2D eigenvalue weighted by atomic mass is 32.2. The van der Waals surface area contributed by atoms with Gasteiger partial charge in [0, 0.05) is 30.8 Å². The predicted octanol–water partition coefficient (Wildman–Crippen LogP) is 3.13. The van der Waals surface area contributed by atoms with Gasteiger partial charge in [0.25, 0.3) is 0 Å². The van der Waals surface area contributed by atoms with Gasteiger partial charge in [-0.1, -0.05) is 13.0 Å². The Labute approximate surface area is 218 Å². The number of rotatable bonds is 9. The minimum Gasteiger partial charge on any atom is -0.494 e. The Bertz CT molecular complexity index is 1310. The molecule has 0 spiro atoms. The Morgan fingerprint density at radius 1 is 1.08 bits per heavy atom. The summed E-state index contributed by atoms with van der Waals surface area (Å²) in [4.78, 5) is 10.9. The first kappa shape index (κ1) is 26.8. The van der Waals surface area contributed by atoms with Crippen LogP contribution in [0.1, 0.15) is 55.7 Å². The Kier molecular flexibility index (Phi) is 7.98. The topological polar surface area (TPSA) is 124 Å². The largest absolute Gasteiger partial charge is 0.494 e. The maximum Gasteiger partial charge on any atom is 0.243 e. The molecule has 1 saturated heterocycles. The second kappa shape index (κ2) is 11.0. The number of nitrogens with one attached hydrogen (secondary N) is 1. The molecule has 3 heterocycles. The second-order valence-electron chi connectivity index (χ2n) is 9.59. The van der Waals surface area contributed by atoms with E-state index in [9.17, 15) is 8.42 Å². The standard InChI is InChI=1S/C25H35N7O4S/c1-16-13-26-23(27-14-16)17(2)18(3)37(33,34)30-25-29-28-24(19-9-8-12-31(4)15-19)32(25)22-20(35-5)10-7-11-21(22)36-6/h7,10-11,13-14,17-19H,8-9,12,15H2,1-6H3,(H,29,30)/t17-,18-,19?/m0/s1. The first-order valence-electron chi connectivity index (χ1n) is 12.3. The molecule has 1 N–H and O–H groups in total. The van der Waals surface area contributed by atoms with Gasteiger partial charge in [0.05, 0.1) is 19.5 Å². The number of aromatic nitrogens is 5. The van der Waals surface area contributed by atoms with Crippen molar-refractivity contribution in [2.45, 2.75) is 50.7 Å². The van der Waals surface area contributed by atoms with Crippen molar-refractivity contribution in [2.24, 2.45) is 0 Å². The number of likely N-dealkylation sites (tertiary alicyclic amines) is 1. The molecule has 1 aliphatic rings. The second-order valence-corrected chi connectivity index (χ2v) is 11.6. The smallest absolute Gasteiger partial charge is 0.243 e. The van der Waals surface area contributed by atoms with E-state index in [2.05, 4.69) is 36.8 Å². The van der Waals surface area contributed by atoms with Crippen LogP contribution in [0.25, 0.3) is 5.69 Å². The van der Waals surface area contributed by atoms with E-state index in [-0.39, 0.29) is 11.9 Å². The summed E-state index contributed by atoms with van der Waals surface area (Å²) >= 11 is 0. The van der Waals surface area contributed by atoms with E-state index in [4.69, 9.17) is 9.47 Å². The molecule has 2 aromatic heterocycles. The minimum absolute atomic E-state index is 0.0522. The highest BCUT2D eigenvalue weighted by Crippen LogP contribution is 2.38. The third kappa shape index (κ3) is 5.54. The van der Waals surface area contributed by atoms with E-state index >= 15 is 0 Å². The van der Waals surface area contributed by atoms with Gasteiger partial charge >= 0.3 is 0 Å². The van der Waals surface area contributed by atoms with Gasteiger partial charge in [-0.2, -0.15) is 0 Å². The van der Waals surface area contributed by atoms with E-state index in [0.717, 1.165) is 31.5 Å². The average Bonchev–Trinajstić information content (AvgIpc) is 3.29. The van der Waals surface area contributed by atoms with Crippen molar-refractivity contribution in [2.75, 3.05) is 39.1 Å². The summed E-state index contributed by atoms with van der Waals surface area (Å²) < 4.78 is 42.9. The maximum atomic E-state index is 13.6. The number of anilines is 1. The predicted molar refractivity (Wildman–Crippen MR) is 141 cm³/mol. The van der Waals surface area contributed by atoms with Crippen molar-refractivity contribution in [1.82, 2.24) is 29.6 Å². The normalized spacial score (nSPS) is 18.3. The maximum absolute atomic E-state index is 13.6. The zero-order chi connectivity index (χ0) is 26.7. The lowest BCUT2D eigenvalue weighted by atomic mass is 9.97. The summed E-state index contributed by atoms with van der Waals surface area (Å²) in [6.45, 7) is 7.10. The molecule has 37 heavy (non-hydrogen) atoms. The monoisotopic (exact) mass is 529 g/mol. The number of piperidine rings is 1. The van der Waals surface area contributed by atoms with E-state index in [1.54, 1.807) is 57.2 Å². The fourth-order valence-corrected chi connectivity index (χ4v) is 5.84. The third-order valence-electron chi connectivity index (χ3n) is 6.94.